The van der Waals surface area contributed by atoms with Crippen molar-refractivity contribution in [1.29, 1.82) is 0 Å². The van der Waals surface area contributed by atoms with E-state index in [-0.39, 0.29) is 18.0 Å². The highest BCUT2D eigenvalue weighted by molar-refractivity contribution is 7.70. The summed E-state index contributed by atoms with van der Waals surface area (Å²) in [7, 11) is -9.94. The van der Waals surface area contributed by atoms with Crippen LogP contribution in [0.3, 0.4) is 0 Å². The lowest BCUT2D eigenvalue weighted by Crippen LogP contribution is -2.30. The number of aromatic hydroxyl groups is 2. The summed E-state index contributed by atoms with van der Waals surface area (Å²) in [5.74, 6) is -0.552. The van der Waals surface area contributed by atoms with Gasteiger partial charge in [0.25, 0.3) is 0 Å². The molecule has 0 radical (unpaired) electrons. The summed E-state index contributed by atoms with van der Waals surface area (Å²) in [5.41, 5.74) is -1.56. The lowest BCUT2D eigenvalue weighted by atomic mass is 10.1. The van der Waals surface area contributed by atoms with Gasteiger partial charge in [-0.2, -0.15) is 0 Å². The molecule has 0 spiro atoms. The topological polar surface area (TPSA) is 168 Å². The Hall–Kier alpha value is -0.920. The van der Waals surface area contributed by atoms with E-state index in [9.17, 15) is 14.2 Å². The largest absolute Gasteiger partial charge is 0.504 e. The molecule has 0 fully saturated rings. The molecule has 0 heterocycles. The molecule has 1 aromatic carbocycles. The first-order chi connectivity index (χ1) is 9.51. The van der Waals surface area contributed by atoms with Crippen LogP contribution in [0, 0.1) is 0 Å². The van der Waals surface area contributed by atoms with E-state index in [4.69, 9.17) is 24.7 Å². The number of hydrogen-bond acceptors (Lipinski definition) is 5. The van der Waals surface area contributed by atoms with Crippen molar-refractivity contribution in [2.45, 2.75) is 18.4 Å². The summed E-state index contributed by atoms with van der Waals surface area (Å²) in [6, 6.07) is 4.18. The van der Waals surface area contributed by atoms with Crippen LogP contribution in [0.15, 0.2) is 18.2 Å². The Morgan fingerprint density at radius 3 is 2.05 bits per heavy atom. The molecule has 120 valence electrons. The molecule has 9 nitrogen and oxygen atoms in total. The average molecular weight is 341 g/mol. The summed E-state index contributed by atoms with van der Waals surface area (Å²) >= 11 is 0. The fourth-order valence-electron chi connectivity index (χ4n) is 1.68. The predicted molar refractivity (Wildman–Crippen MR) is 74.0 cm³/mol. The molecular weight excluding hydrogens is 324 g/mol. The van der Waals surface area contributed by atoms with Crippen molar-refractivity contribution >= 4 is 15.2 Å². The minimum Gasteiger partial charge on any atom is -0.504 e. The smallest absolute Gasteiger partial charge is 0.354 e. The summed E-state index contributed by atoms with van der Waals surface area (Å²) in [6.07, 6.45) is 0.705. The molecule has 7 N–H and O–H groups in total. The molecule has 0 bridgehead atoms. The third-order valence-corrected chi connectivity index (χ3v) is 6.09. The maximum absolute atomic E-state index is 11.0. The van der Waals surface area contributed by atoms with Gasteiger partial charge in [0.05, 0.1) is 0 Å². The number of phenols is 2. The lowest BCUT2D eigenvalue weighted by Gasteiger charge is -2.20. The van der Waals surface area contributed by atoms with Gasteiger partial charge >= 0.3 is 15.2 Å². The first-order valence-corrected chi connectivity index (χ1v) is 9.23. The maximum Gasteiger partial charge on any atom is 0.354 e. The minimum absolute atomic E-state index is 0.0392. The first kappa shape index (κ1) is 18.1. The summed E-state index contributed by atoms with van der Waals surface area (Å²) < 4.78 is 22.0. The van der Waals surface area contributed by atoms with Crippen LogP contribution in [0.1, 0.15) is 12.0 Å². The van der Waals surface area contributed by atoms with E-state index in [1.165, 1.54) is 12.1 Å². The monoisotopic (exact) mass is 341 g/mol. The van der Waals surface area contributed by atoms with Gasteiger partial charge < -0.3 is 29.8 Å². The van der Waals surface area contributed by atoms with Crippen molar-refractivity contribution in [2.75, 3.05) is 6.54 Å². The summed E-state index contributed by atoms with van der Waals surface area (Å²) in [4.78, 5) is 35.6. The Morgan fingerprint density at radius 2 is 1.57 bits per heavy atom. The Labute approximate surface area is 120 Å². The number of phenolic OH excluding ortho intramolecular Hbond substituents is 2. The Balaban J connectivity index is 2.54. The van der Waals surface area contributed by atoms with Gasteiger partial charge in [-0.15, -0.1) is 0 Å². The SMILES string of the molecule is O=P(O)(O)C(NCCCc1ccc(O)c(O)c1)P(=O)(O)O. The second-order valence-corrected chi connectivity index (χ2v) is 8.23. The number of nitrogens with one attached hydrogen (secondary N) is 1. The van der Waals surface area contributed by atoms with E-state index in [1.54, 1.807) is 6.07 Å². The number of rotatable bonds is 7. The Kier molecular flexibility index (Phi) is 5.95. The van der Waals surface area contributed by atoms with Crippen LogP contribution >= 0.6 is 15.2 Å². The Morgan fingerprint density at radius 1 is 1.00 bits per heavy atom. The standard InChI is InChI=1S/C10H17NO8P2/c12-8-4-3-7(6-9(8)13)2-1-5-11-10(20(14,15)16)21(17,18)19/h3-4,6,10-13H,1-2,5H2,(H2,14,15,16)(H2,17,18,19). The van der Waals surface area contributed by atoms with Gasteiger partial charge in [0.15, 0.2) is 11.5 Å². The van der Waals surface area contributed by atoms with Crippen molar-refractivity contribution in [1.82, 2.24) is 5.32 Å². The molecule has 0 amide bonds. The van der Waals surface area contributed by atoms with Crippen LogP contribution in [-0.4, -0.2) is 41.9 Å². The normalized spacial score (nSPS) is 12.8. The van der Waals surface area contributed by atoms with Crippen molar-refractivity contribution in [3.63, 3.8) is 0 Å². The summed E-state index contributed by atoms with van der Waals surface area (Å²) in [5, 5.41) is 20.6. The zero-order valence-electron chi connectivity index (χ0n) is 10.8. The second kappa shape index (κ2) is 6.89. The van der Waals surface area contributed by atoms with Gasteiger partial charge in [-0.05, 0) is 37.1 Å². The molecule has 0 aromatic heterocycles. The second-order valence-electron chi connectivity index (χ2n) is 4.43. The number of benzene rings is 1. The van der Waals surface area contributed by atoms with Crippen LogP contribution in [0.5, 0.6) is 11.5 Å². The van der Waals surface area contributed by atoms with Gasteiger partial charge in [0.1, 0.15) is 0 Å². The molecule has 0 unspecified atom stereocenters. The molecule has 0 aliphatic carbocycles. The number of hydrogen-bond donors (Lipinski definition) is 7. The first-order valence-electron chi connectivity index (χ1n) is 5.86. The van der Waals surface area contributed by atoms with E-state index in [1.807, 2.05) is 0 Å². The number of aryl methyl sites for hydroxylation is 1. The highest BCUT2D eigenvalue weighted by Gasteiger charge is 2.42. The van der Waals surface area contributed by atoms with Crippen LogP contribution in [0.4, 0.5) is 0 Å². The van der Waals surface area contributed by atoms with Crippen molar-refractivity contribution in [3.8, 4) is 11.5 Å². The van der Waals surface area contributed by atoms with E-state index in [2.05, 4.69) is 5.32 Å². The average Bonchev–Trinajstić information content (AvgIpc) is 2.30. The van der Waals surface area contributed by atoms with Gasteiger partial charge in [-0.3, -0.25) is 14.4 Å². The van der Waals surface area contributed by atoms with Crippen LogP contribution in [0.2, 0.25) is 0 Å². The quantitative estimate of drug-likeness (QED) is 0.209. The van der Waals surface area contributed by atoms with Gasteiger partial charge in [0.2, 0.25) is 5.52 Å². The van der Waals surface area contributed by atoms with E-state index >= 15 is 0 Å². The van der Waals surface area contributed by atoms with Gasteiger partial charge in [-0.1, -0.05) is 6.07 Å². The molecule has 0 saturated heterocycles. The molecule has 0 aliphatic heterocycles. The molecule has 0 saturated carbocycles. The fourth-order valence-corrected chi connectivity index (χ4v) is 3.98. The highest BCUT2D eigenvalue weighted by Crippen LogP contribution is 2.58. The molecule has 0 atom stereocenters. The molecule has 1 rings (SSSR count). The van der Waals surface area contributed by atoms with Crippen molar-refractivity contribution in [3.05, 3.63) is 23.8 Å². The van der Waals surface area contributed by atoms with Crippen LogP contribution < -0.4 is 5.32 Å². The van der Waals surface area contributed by atoms with Crippen molar-refractivity contribution < 1.29 is 38.9 Å². The lowest BCUT2D eigenvalue weighted by molar-refractivity contribution is 0.327. The molecule has 0 aliphatic rings. The van der Waals surface area contributed by atoms with E-state index in [0.717, 1.165) is 0 Å². The minimum atomic E-state index is -4.97. The van der Waals surface area contributed by atoms with Crippen molar-refractivity contribution in [2.24, 2.45) is 0 Å². The zero-order valence-corrected chi connectivity index (χ0v) is 12.6. The van der Waals surface area contributed by atoms with Crippen LogP contribution in [-0.2, 0) is 15.6 Å². The van der Waals surface area contributed by atoms with Gasteiger partial charge in [0, 0.05) is 0 Å². The molecule has 1 aromatic rings. The van der Waals surface area contributed by atoms with E-state index < -0.39 is 20.7 Å². The molecular formula is C10H17NO8P2. The maximum atomic E-state index is 11.0. The fraction of sp³-hybridized carbons (Fsp3) is 0.400. The third kappa shape index (κ3) is 5.76. The molecule has 21 heavy (non-hydrogen) atoms. The van der Waals surface area contributed by atoms with Crippen LogP contribution in [0.25, 0.3) is 0 Å². The van der Waals surface area contributed by atoms with Gasteiger partial charge in [-0.25, -0.2) is 0 Å². The highest BCUT2D eigenvalue weighted by atomic mass is 31.2. The molecule has 11 heteroatoms. The Bertz CT molecular complexity index is 558. The van der Waals surface area contributed by atoms with E-state index in [0.29, 0.717) is 18.4 Å². The zero-order chi connectivity index (χ0) is 16.3. The predicted octanol–water partition coefficient (Wildman–Crippen LogP) is 0.259. The third-order valence-electron chi connectivity index (χ3n) is 2.65. The summed E-state index contributed by atoms with van der Waals surface area (Å²) in [6.45, 7) is -0.0392.